The molecule has 0 fully saturated rings. The van der Waals surface area contributed by atoms with Crippen LogP contribution >= 0.6 is 50.5 Å². The van der Waals surface area contributed by atoms with Crippen molar-refractivity contribution in [3.63, 3.8) is 0 Å². The van der Waals surface area contributed by atoms with Crippen LogP contribution in [0.5, 0.6) is 5.75 Å². The first-order chi connectivity index (χ1) is 20.7. The zero-order valence-corrected chi connectivity index (χ0v) is 25.8. The first-order valence-corrected chi connectivity index (χ1v) is 14.9. The molecule has 0 spiro atoms. The molecule has 7 nitrogen and oxygen atoms in total. The molecule has 212 valence electrons. The van der Waals surface area contributed by atoms with E-state index in [1.807, 2.05) is 6.07 Å². The molecule has 11 heteroatoms. The van der Waals surface area contributed by atoms with Crippen molar-refractivity contribution in [3.8, 4) is 17.5 Å². The molecule has 0 radical (unpaired) electrons. The van der Waals surface area contributed by atoms with E-state index in [1.54, 1.807) is 91.0 Å². The number of nitriles is 1. The standard InChI is InChI=1S/C32H18BrCl2N3O4S/c33-21-10-8-20(9-11-21)32(41)42-24-13-6-19(7-14-24)16-28-30(40)38(23-4-2-1-3-5-23)31(43-28)25(18-36)29(39)37-22-12-15-26(34)27(35)17-22/h1-17H,(H,37,39). The van der Waals surface area contributed by atoms with Crippen molar-refractivity contribution in [2.24, 2.45) is 0 Å². The van der Waals surface area contributed by atoms with Crippen molar-refractivity contribution in [1.82, 2.24) is 4.57 Å². The minimum atomic E-state index is -0.713. The van der Waals surface area contributed by atoms with Gasteiger partial charge in [-0.2, -0.15) is 5.26 Å². The van der Waals surface area contributed by atoms with E-state index >= 15 is 0 Å². The SMILES string of the molecule is N#CC(C(=O)Nc1ccc(Cl)c(Cl)c1)=c1sc(=Cc2ccc(OC(=O)c3ccc(Br)cc3)cc2)c(=O)n1-c1ccccc1. The Labute approximate surface area is 267 Å². The predicted molar refractivity (Wildman–Crippen MR) is 172 cm³/mol. The molecule has 0 aliphatic carbocycles. The number of carbonyl (C=O) groups excluding carboxylic acids is 2. The second kappa shape index (κ2) is 13.2. The van der Waals surface area contributed by atoms with Crippen LogP contribution < -0.4 is 24.8 Å². The van der Waals surface area contributed by atoms with Gasteiger partial charge in [-0.15, -0.1) is 11.3 Å². The maximum Gasteiger partial charge on any atom is 0.343 e. The average Bonchev–Trinajstić information content (AvgIpc) is 3.32. The number of benzene rings is 4. The van der Waals surface area contributed by atoms with Crippen LogP contribution in [0.15, 0.2) is 106 Å². The van der Waals surface area contributed by atoms with Crippen LogP contribution in [0.2, 0.25) is 10.0 Å². The van der Waals surface area contributed by atoms with Gasteiger partial charge in [-0.25, -0.2) is 4.79 Å². The Hall–Kier alpha value is -4.46. The maximum absolute atomic E-state index is 13.7. The number of thiazole rings is 1. The smallest absolute Gasteiger partial charge is 0.343 e. The number of nitrogens with one attached hydrogen (secondary N) is 1. The van der Waals surface area contributed by atoms with Gasteiger partial charge in [0.2, 0.25) is 0 Å². The number of hydrogen-bond acceptors (Lipinski definition) is 6. The molecule has 0 atom stereocenters. The molecule has 0 saturated heterocycles. The lowest BCUT2D eigenvalue weighted by Gasteiger charge is -2.06. The van der Waals surface area contributed by atoms with E-state index in [4.69, 9.17) is 27.9 Å². The molecule has 0 aliphatic rings. The van der Waals surface area contributed by atoms with Crippen LogP contribution in [0.4, 0.5) is 5.69 Å². The van der Waals surface area contributed by atoms with Crippen molar-refractivity contribution >= 4 is 79.7 Å². The molecule has 0 bridgehead atoms. The summed E-state index contributed by atoms with van der Waals surface area (Å²) in [5, 5.41) is 13.2. The van der Waals surface area contributed by atoms with E-state index in [0.29, 0.717) is 33.3 Å². The van der Waals surface area contributed by atoms with Crippen LogP contribution in [-0.4, -0.2) is 16.4 Å². The molecule has 5 aromatic rings. The molecule has 5 rings (SSSR count). The maximum atomic E-state index is 13.7. The summed E-state index contributed by atoms with van der Waals surface area (Å²) in [7, 11) is 0. The van der Waals surface area contributed by atoms with Crippen molar-refractivity contribution in [2.75, 3.05) is 5.32 Å². The lowest BCUT2D eigenvalue weighted by atomic mass is 10.2. The summed E-state index contributed by atoms with van der Waals surface area (Å²) in [6.07, 6.45) is 1.64. The highest BCUT2D eigenvalue weighted by atomic mass is 79.9. The summed E-state index contributed by atoms with van der Waals surface area (Å²) in [5.41, 5.74) is 1.21. The number of amides is 1. The van der Waals surface area contributed by atoms with Crippen molar-refractivity contribution in [2.45, 2.75) is 0 Å². The van der Waals surface area contributed by atoms with Crippen LogP contribution in [-0.2, 0) is 4.79 Å². The van der Waals surface area contributed by atoms with Gasteiger partial charge >= 0.3 is 5.97 Å². The number of halogens is 3. The highest BCUT2D eigenvalue weighted by molar-refractivity contribution is 9.10. The summed E-state index contributed by atoms with van der Waals surface area (Å²) >= 11 is 16.4. The van der Waals surface area contributed by atoms with Gasteiger partial charge in [0.1, 0.15) is 16.5 Å². The third-order valence-corrected chi connectivity index (χ3v) is 8.40. The molecule has 0 aliphatic heterocycles. The highest BCUT2D eigenvalue weighted by Gasteiger charge is 2.18. The van der Waals surface area contributed by atoms with Gasteiger partial charge in [-0.1, -0.05) is 69.5 Å². The number of ether oxygens (including phenoxy) is 1. The number of esters is 1. The second-order valence-corrected chi connectivity index (χ2v) is 11.7. The monoisotopic (exact) mass is 689 g/mol. The summed E-state index contributed by atoms with van der Waals surface area (Å²) in [4.78, 5) is 39.3. The van der Waals surface area contributed by atoms with E-state index in [-0.39, 0.29) is 19.8 Å². The van der Waals surface area contributed by atoms with Crippen molar-refractivity contribution < 1.29 is 14.3 Å². The fourth-order valence-corrected chi connectivity index (χ4v) is 5.62. The predicted octanol–water partition coefficient (Wildman–Crippen LogP) is 6.33. The fourth-order valence-electron chi connectivity index (χ4n) is 3.96. The molecule has 0 unspecified atom stereocenters. The fraction of sp³-hybridized carbons (Fsp3) is 0. The van der Waals surface area contributed by atoms with Crippen molar-refractivity contribution in [3.05, 3.63) is 142 Å². The molecular formula is C32H18BrCl2N3O4S. The second-order valence-electron chi connectivity index (χ2n) is 8.93. The number of aromatic nitrogens is 1. The van der Waals surface area contributed by atoms with Gasteiger partial charge in [0.05, 0.1) is 25.8 Å². The normalized spacial score (nSPS) is 11.9. The third-order valence-electron chi connectivity index (χ3n) is 6.04. The summed E-state index contributed by atoms with van der Waals surface area (Å²) in [5.74, 6) is -0.885. The molecule has 1 amide bonds. The lowest BCUT2D eigenvalue weighted by Crippen LogP contribution is -2.32. The zero-order chi connectivity index (χ0) is 30.5. The number of hydrogen-bond donors (Lipinski definition) is 1. The van der Waals surface area contributed by atoms with E-state index in [0.717, 1.165) is 15.8 Å². The van der Waals surface area contributed by atoms with Gasteiger partial charge < -0.3 is 10.1 Å². The van der Waals surface area contributed by atoms with Crippen LogP contribution in [0, 0.1) is 11.3 Å². The Balaban J connectivity index is 1.53. The van der Waals surface area contributed by atoms with Gasteiger partial charge in [0.25, 0.3) is 11.5 Å². The molecule has 4 aromatic carbocycles. The van der Waals surface area contributed by atoms with Gasteiger partial charge in [-0.05, 0) is 78.4 Å². The number of carbonyl (C=O) groups is 2. The number of para-hydroxylation sites is 1. The molecule has 0 saturated carbocycles. The average molecular weight is 691 g/mol. The van der Waals surface area contributed by atoms with Gasteiger partial charge in [-0.3, -0.25) is 14.2 Å². The van der Waals surface area contributed by atoms with E-state index in [9.17, 15) is 19.6 Å². The molecule has 1 N–H and O–H groups in total. The minimum absolute atomic E-state index is 0.155. The van der Waals surface area contributed by atoms with Gasteiger partial charge in [0, 0.05) is 10.2 Å². The largest absolute Gasteiger partial charge is 0.423 e. The molecule has 43 heavy (non-hydrogen) atoms. The Kier molecular flexibility index (Phi) is 9.24. The Morgan fingerprint density at radius 1 is 0.930 bits per heavy atom. The zero-order valence-electron chi connectivity index (χ0n) is 21.9. The number of nitrogens with zero attached hydrogens (tertiary/aromatic N) is 2. The van der Waals surface area contributed by atoms with E-state index in [2.05, 4.69) is 21.2 Å². The Morgan fingerprint density at radius 3 is 2.28 bits per heavy atom. The minimum Gasteiger partial charge on any atom is -0.423 e. The van der Waals surface area contributed by atoms with Crippen LogP contribution in [0.1, 0.15) is 15.9 Å². The number of anilines is 1. The Bertz CT molecular complexity index is 2070. The summed E-state index contributed by atoms with van der Waals surface area (Å²) in [6, 6.07) is 28.6. The summed E-state index contributed by atoms with van der Waals surface area (Å²) < 4.78 is 8.07. The molecule has 1 aromatic heterocycles. The first kappa shape index (κ1) is 30.0. The topological polar surface area (TPSA) is 101 Å². The quantitative estimate of drug-likeness (QED) is 0.166. The first-order valence-electron chi connectivity index (χ1n) is 12.5. The van der Waals surface area contributed by atoms with Gasteiger partial charge in [0.15, 0.2) is 5.57 Å². The van der Waals surface area contributed by atoms with E-state index < -0.39 is 17.4 Å². The summed E-state index contributed by atoms with van der Waals surface area (Å²) in [6.45, 7) is 0. The van der Waals surface area contributed by atoms with Crippen molar-refractivity contribution in [1.29, 1.82) is 5.26 Å². The lowest BCUT2D eigenvalue weighted by molar-refractivity contribution is -0.111. The molecule has 1 heterocycles. The van der Waals surface area contributed by atoms with Crippen LogP contribution in [0.3, 0.4) is 0 Å². The highest BCUT2D eigenvalue weighted by Crippen LogP contribution is 2.25. The number of rotatable bonds is 6. The molecular weight excluding hydrogens is 673 g/mol. The van der Waals surface area contributed by atoms with E-state index in [1.165, 1.54) is 16.7 Å². The van der Waals surface area contributed by atoms with Crippen LogP contribution in [0.25, 0.3) is 17.3 Å². The Morgan fingerprint density at radius 2 is 1.63 bits per heavy atom. The third kappa shape index (κ3) is 6.96.